The normalized spacial score (nSPS) is 12.9. The molecule has 0 saturated heterocycles. The lowest BCUT2D eigenvalue weighted by Crippen LogP contribution is -2.26. The van der Waals surface area contributed by atoms with Gasteiger partial charge in [0, 0.05) is 5.56 Å². The minimum atomic E-state index is -0.897. The monoisotopic (exact) mass is 206 g/mol. The lowest BCUT2D eigenvalue weighted by molar-refractivity contribution is 0.0647. The van der Waals surface area contributed by atoms with Gasteiger partial charge in [0.1, 0.15) is 6.10 Å². The van der Waals surface area contributed by atoms with Crippen molar-refractivity contribution >= 4 is 5.78 Å². The summed E-state index contributed by atoms with van der Waals surface area (Å²) in [5.41, 5.74) is 2.71. The molecular weight excluding hydrogens is 188 g/mol. The summed E-state index contributed by atoms with van der Waals surface area (Å²) in [7, 11) is 0. The van der Waals surface area contributed by atoms with Gasteiger partial charge in [0.25, 0.3) is 0 Å². The molecule has 0 aliphatic carbocycles. The molecule has 0 bridgehead atoms. The van der Waals surface area contributed by atoms with Gasteiger partial charge in [-0.25, -0.2) is 0 Å². The number of ketones is 1. The Balaban J connectivity index is 3.01. The van der Waals surface area contributed by atoms with Crippen molar-refractivity contribution in [2.75, 3.05) is 0 Å². The first-order valence-corrected chi connectivity index (χ1v) is 5.22. The summed E-state index contributed by atoms with van der Waals surface area (Å²) in [6.45, 7) is 7.58. The predicted octanol–water partition coefficient (Wildman–Crippen LogP) is 2.50. The van der Waals surface area contributed by atoms with Gasteiger partial charge in [-0.15, -0.1) is 0 Å². The van der Waals surface area contributed by atoms with Crippen LogP contribution in [-0.4, -0.2) is 17.0 Å². The van der Waals surface area contributed by atoms with Gasteiger partial charge in [0.05, 0.1) is 0 Å². The molecule has 0 aliphatic heterocycles. The van der Waals surface area contributed by atoms with Crippen LogP contribution in [0.3, 0.4) is 0 Å². The third-order valence-electron chi connectivity index (χ3n) is 2.41. The zero-order valence-corrected chi connectivity index (χ0v) is 9.74. The maximum Gasteiger partial charge on any atom is 0.191 e. The van der Waals surface area contributed by atoms with E-state index in [1.165, 1.54) is 0 Å². The topological polar surface area (TPSA) is 37.3 Å². The van der Waals surface area contributed by atoms with Crippen molar-refractivity contribution < 1.29 is 9.90 Å². The fourth-order valence-corrected chi connectivity index (χ4v) is 1.59. The predicted molar refractivity (Wildman–Crippen MR) is 61.1 cm³/mol. The van der Waals surface area contributed by atoms with Gasteiger partial charge in [-0.1, -0.05) is 31.0 Å². The molecule has 1 aromatic rings. The number of aliphatic hydroxyl groups is 1. The van der Waals surface area contributed by atoms with E-state index in [1.54, 1.807) is 0 Å². The molecule has 0 amide bonds. The van der Waals surface area contributed by atoms with Gasteiger partial charge >= 0.3 is 0 Å². The standard InChI is InChI=1S/C13H18O2/c1-8(2)12(14)13(15)11-6-9(3)5-10(4)7-11/h5-8,12,14H,1-4H3. The fourth-order valence-electron chi connectivity index (χ4n) is 1.59. The molecule has 2 heteroatoms. The molecule has 1 N–H and O–H groups in total. The third kappa shape index (κ3) is 2.90. The van der Waals surface area contributed by atoms with E-state index < -0.39 is 6.10 Å². The molecule has 0 fully saturated rings. The smallest absolute Gasteiger partial charge is 0.191 e. The fraction of sp³-hybridized carbons (Fsp3) is 0.462. The van der Waals surface area contributed by atoms with E-state index in [1.807, 2.05) is 45.9 Å². The minimum Gasteiger partial charge on any atom is -0.385 e. The summed E-state index contributed by atoms with van der Waals surface area (Å²) in [4.78, 5) is 11.8. The first-order valence-electron chi connectivity index (χ1n) is 5.22. The molecular formula is C13H18O2. The summed E-state index contributed by atoms with van der Waals surface area (Å²) in [5, 5.41) is 9.68. The van der Waals surface area contributed by atoms with Gasteiger partial charge < -0.3 is 5.11 Å². The van der Waals surface area contributed by atoms with Crippen molar-refractivity contribution in [1.29, 1.82) is 0 Å². The van der Waals surface area contributed by atoms with E-state index in [0.29, 0.717) is 5.56 Å². The van der Waals surface area contributed by atoms with Crippen LogP contribution in [0.5, 0.6) is 0 Å². The molecule has 0 aromatic heterocycles. The number of hydrogen-bond acceptors (Lipinski definition) is 2. The first-order chi connectivity index (χ1) is 6.91. The van der Waals surface area contributed by atoms with Crippen LogP contribution >= 0.6 is 0 Å². The number of carbonyl (C=O) groups excluding carboxylic acids is 1. The summed E-state index contributed by atoms with van der Waals surface area (Å²) in [6, 6.07) is 5.65. The first kappa shape index (κ1) is 11.9. The molecule has 1 unspecified atom stereocenters. The second-order valence-electron chi connectivity index (χ2n) is 4.43. The van der Waals surface area contributed by atoms with Crippen molar-refractivity contribution in [3.8, 4) is 0 Å². The molecule has 15 heavy (non-hydrogen) atoms. The van der Waals surface area contributed by atoms with Gasteiger partial charge in [0.2, 0.25) is 0 Å². The van der Waals surface area contributed by atoms with Gasteiger partial charge in [-0.3, -0.25) is 4.79 Å². The Hall–Kier alpha value is -1.15. The highest BCUT2D eigenvalue weighted by Crippen LogP contribution is 2.14. The molecule has 82 valence electrons. The number of Topliss-reactive ketones (excluding diaryl/α,β-unsaturated/α-hetero) is 1. The number of rotatable bonds is 3. The summed E-state index contributed by atoms with van der Waals surface area (Å²) in [5.74, 6) is -0.227. The Bertz CT molecular complexity index is 347. The second kappa shape index (κ2) is 4.58. The molecule has 1 atom stereocenters. The van der Waals surface area contributed by atoms with Crippen molar-refractivity contribution in [3.05, 3.63) is 34.9 Å². The summed E-state index contributed by atoms with van der Waals surface area (Å²) in [6.07, 6.45) is -0.897. The van der Waals surface area contributed by atoms with E-state index in [-0.39, 0.29) is 11.7 Å². The van der Waals surface area contributed by atoms with E-state index in [4.69, 9.17) is 0 Å². The van der Waals surface area contributed by atoms with Crippen LogP contribution in [0.2, 0.25) is 0 Å². The summed E-state index contributed by atoms with van der Waals surface area (Å²) >= 11 is 0. The Morgan fingerprint density at radius 2 is 1.60 bits per heavy atom. The number of carbonyl (C=O) groups is 1. The molecule has 0 saturated carbocycles. The molecule has 0 aliphatic rings. The van der Waals surface area contributed by atoms with Crippen molar-refractivity contribution in [2.45, 2.75) is 33.8 Å². The molecule has 2 nitrogen and oxygen atoms in total. The van der Waals surface area contributed by atoms with Crippen molar-refractivity contribution in [2.24, 2.45) is 5.92 Å². The van der Waals surface area contributed by atoms with E-state index >= 15 is 0 Å². The molecule has 0 heterocycles. The third-order valence-corrected chi connectivity index (χ3v) is 2.41. The maximum absolute atomic E-state index is 11.8. The van der Waals surface area contributed by atoms with E-state index in [2.05, 4.69) is 0 Å². The van der Waals surface area contributed by atoms with Crippen LogP contribution in [0.4, 0.5) is 0 Å². The van der Waals surface area contributed by atoms with Crippen LogP contribution in [0, 0.1) is 19.8 Å². The molecule has 1 aromatic carbocycles. The van der Waals surface area contributed by atoms with E-state index in [9.17, 15) is 9.90 Å². The average molecular weight is 206 g/mol. The highest BCUT2D eigenvalue weighted by atomic mass is 16.3. The van der Waals surface area contributed by atoms with Crippen LogP contribution in [0.15, 0.2) is 18.2 Å². The van der Waals surface area contributed by atoms with Crippen LogP contribution < -0.4 is 0 Å². The number of aryl methyl sites for hydroxylation is 2. The Morgan fingerprint density at radius 1 is 1.13 bits per heavy atom. The lowest BCUT2D eigenvalue weighted by Gasteiger charge is -2.13. The lowest BCUT2D eigenvalue weighted by atomic mass is 9.95. The zero-order valence-electron chi connectivity index (χ0n) is 9.74. The van der Waals surface area contributed by atoms with Crippen molar-refractivity contribution in [1.82, 2.24) is 0 Å². The Kier molecular flexibility index (Phi) is 3.64. The van der Waals surface area contributed by atoms with Gasteiger partial charge in [-0.05, 0) is 31.9 Å². The van der Waals surface area contributed by atoms with Gasteiger partial charge in [-0.2, -0.15) is 0 Å². The number of hydrogen-bond donors (Lipinski definition) is 1. The second-order valence-corrected chi connectivity index (χ2v) is 4.43. The number of aliphatic hydroxyl groups excluding tert-OH is 1. The van der Waals surface area contributed by atoms with Crippen LogP contribution in [-0.2, 0) is 0 Å². The SMILES string of the molecule is Cc1cc(C)cc(C(=O)C(O)C(C)C)c1. The van der Waals surface area contributed by atoms with Gasteiger partial charge in [0.15, 0.2) is 5.78 Å². The quantitative estimate of drug-likeness (QED) is 0.771. The summed E-state index contributed by atoms with van der Waals surface area (Å²) < 4.78 is 0. The molecule has 0 radical (unpaired) electrons. The zero-order chi connectivity index (χ0) is 11.6. The molecule has 1 rings (SSSR count). The Labute approximate surface area is 90.9 Å². The van der Waals surface area contributed by atoms with E-state index in [0.717, 1.165) is 11.1 Å². The number of benzene rings is 1. The average Bonchev–Trinajstić information content (AvgIpc) is 2.13. The Morgan fingerprint density at radius 3 is 2.00 bits per heavy atom. The van der Waals surface area contributed by atoms with Crippen molar-refractivity contribution in [3.63, 3.8) is 0 Å². The molecule has 0 spiro atoms. The van der Waals surface area contributed by atoms with Crippen LogP contribution in [0.1, 0.15) is 35.3 Å². The largest absolute Gasteiger partial charge is 0.385 e. The maximum atomic E-state index is 11.8. The minimum absolute atomic E-state index is 0.0432. The highest BCUT2D eigenvalue weighted by Gasteiger charge is 2.20. The van der Waals surface area contributed by atoms with Crippen LogP contribution in [0.25, 0.3) is 0 Å². The highest BCUT2D eigenvalue weighted by molar-refractivity contribution is 5.99.